The Morgan fingerprint density at radius 1 is 0.947 bits per heavy atom. The topological polar surface area (TPSA) is 79.4 Å². The van der Waals surface area contributed by atoms with Gasteiger partial charge >= 0.3 is 5.69 Å². The molecule has 9 heteroatoms. The van der Waals surface area contributed by atoms with Crippen molar-refractivity contribution in [3.05, 3.63) is 76.3 Å². The highest BCUT2D eigenvalue weighted by molar-refractivity contribution is 6.32. The Bertz CT molecular complexity index is 1540. The predicted molar refractivity (Wildman–Crippen MR) is 152 cm³/mol. The first-order valence-corrected chi connectivity index (χ1v) is 13.1. The van der Waals surface area contributed by atoms with Crippen molar-refractivity contribution < 1.29 is 5.11 Å². The Morgan fingerprint density at radius 3 is 2.32 bits per heavy atom. The second-order valence-corrected chi connectivity index (χ2v) is 11.2. The van der Waals surface area contributed by atoms with E-state index in [-0.39, 0.29) is 17.0 Å². The zero-order chi connectivity index (χ0) is 27.2. The molecule has 0 amide bonds. The summed E-state index contributed by atoms with van der Waals surface area (Å²) in [5, 5.41) is 11.7. The number of pyridine rings is 2. The van der Waals surface area contributed by atoms with Gasteiger partial charge in [-0.25, -0.2) is 4.79 Å². The largest absolute Gasteiger partial charge is 0.505 e. The van der Waals surface area contributed by atoms with Crippen LogP contribution in [0.1, 0.15) is 26.5 Å². The molecule has 8 nitrogen and oxygen atoms in total. The summed E-state index contributed by atoms with van der Waals surface area (Å²) in [4.78, 5) is 26.4. The van der Waals surface area contributed by atoms with Gasteiger partial charge in [0.2, 0.25) is 0 Å². The van der Waals surface area contributed by atoms with Gasteiger partial charge in [0.1, 0.15) is 11.4 Å². The van der Waals surface area contributed by atoms with Crippen molar-refractivity contribution in [1.82, 2.24) is 24.0 Å². The van der Waals surface area contributed by atoms with E-state index < -0.39 is 0 Å². The van der Waals surface area contributed by atoms with Gasteiger partial charge in [-0.15, -0.1) is 0 Å². The average molecular weight is 533 g/mol. The monoisotopic (exact) mass is 532 g/mol. The van der Waals surface area contributed by atoms with Crippen LogP contribution < -0.4 is 10.6 Å². The fourth-order valence-electron chi connectivity index (χ4n) is 5.00. The lowest BCUT2D eigenvalue weighted by atomic mass is 10.0. The summed E-state index contributed by atoms with van der Waals surface area (Å²) in [5.74, 6) is 0.0577. The first-order chi connectivity index (χ1) is 18.0. The lowest BCUT2D eigenvalue weighted by Gasteiger charge is -2.43. The van der Waals surface area contributed by atoms with Crippen LogP contribution in [0.4, 0.5) is 5.69 Å². The van der Waals surface area contributed by atoms with Gasteiger partial charge in [-0.1, -0.05) is 17.7 Å². The lowest BCUT2D eigenvalue weighted by molar-refractivity contribution is 0.128. The van der Waals surface area contributed by atoms with Crippen molar-refractivity contribution in [3.8, 4) is 33.8 Å². The summed E-state index contributed by atoms with van der Waals surface area (Å²) in [6.07, 6.45) is 6.79. The van der Waals surface area contributed by atoms with Gasteiger partial charge < -0.3 is 14.6 Å². The Hall–Kier alpha value is -3.62. The third kappa shape index (κ3) is 4.81. The van der Waals surface area contributed by atoms with E-state index in [1.807, 2.05) is 13.0 Å². The Balaban J connectivity index is 1.46. The van der Waals surface area contributed by atoms with E-state index in [2.05, 4.69) is 46.6 Å². The molecule has 1 fully saturated rings. The summed E-state index contributed by atoms with van der Waals surface area (Å²) < 4.78 is 2.98. The Kier molecular flexibility index (Phi) is 6.79. The quantitative estimate of drug-likeness (QED) is 0.403. The second-order valence-electron chi connectivity index (χ2n) is 10.8. The van der Waals surface area contributed by atoms with Gasteiger partial charge in [-0.2, -0.15) is 0 Å². The maximum absolute atomic E-state index is 12.4. The van der Waals surface area contributed by atoms with E-state index in [1.165, 1.54) is 9.13 Å². The van der Waals surface area contributed by atoms with Crippen molar-refractivity contribution in [3.63, 3.8) is 0 Å². The van der Waals surface area contributed by atoms with Crippen LogP contribution >= 0.6 is 11.6 Å². The third-order valence-corrected chi connectivity index (χ3v) is 7.60. The fourth-order valence-corrected chi connectivity index (χ4v) is 5.28. The highest BCUT2D eigenvalue weighted by Crippen LogP contribution is 2.39. The molecule has 5 rings (SSSR count). The van der Waals surface area contributed by atoms with E-state index in [0.29, 0.717) is 22.0 Å². The molecule has 1 aliphatic rings. The molecule has 0 bridgehead atoms. The number of rotatable bonds is 4. The Labute approximate surface area is 227 Å². The van der Waals surface area contributed by atoms with Crippen LogP contribution in [0.25, 0.3) is 28.1 Å². The van der Waals surface area contributed by atoms with Crippen LogP contribution in [0.5, 0.6) is 5.75 Å². The predicted octanol–water partition coefficient (Wildman–Crippen LogP) is 4.89. The van der Waals surface area contributed by atoms with Crippen LogP contribution in [-0.2, 0) is 7.05 Å². The van der Waals surface area contributed by atoms with Crippen molar-refractivity contribution in [2.75, 3.05) is 31.1 Å². The summed E-state index contributed by atoms with van der Waals surface area (Å²) in [6, 6.07) is 9.20. The number of aromatic hydroxyl groups is 1. The van der Waals surface area contributed by atoms with Gasteiger partial charge in [0.25, 0.3) is 0 Å². The van der Waals surface area contributed by atoms with Crippen molar-refractivity contribution in [2.24, 2.45) is 7.05 Å². The van der Waals surface area contributed by atoms with Gasteiger partial charge in [0.05, 0.1) is 22.1 Å². The minimum Gasteiger partial charge on any atom is -0.505 e. The molecular formula is C29H33ClN6O2. The minimum atomic E-state index is -0.184. The number of benzene rings is 1. The van der Waals surface area contributed by atoms with E-state index in [4.69, 9.17) is 11.6 Å². The van der Waals surface area contributed by atoms with Crippen molar-refractivity contribution in [2.45, 2.75) is 33.2 Å². The van der Waals surface area contributed by atoms with E-state index in [9.17, 15) is 9.90 Å². The highest BCUT2D eigenvalue weighted by atomic mass is 35.5. The fraction of sp³-hybridized carbons (Fsp3) is 0.345. The molecule has 3 aromatic heterocycles. The molecule has 0 atom stereocenters. The molecule has 0 radical (unpaired) electrons. The third-order valence-electron chi connectivity index (χ3n) is 7.29. The number of hydrogen-bond donors (Lipinski definition) is 1. The van der Waals surface area contributed by atoms with Crippen LogP contribution in [0.15, 0.2) is 59.9 Å². The molecule has 1 aromatic carbocycles. The molecule has 0 spiro atoms. The average Bonchev–Trinajstić information content (AvgIpc) is 3.22. The first-order valence-electron chi connectivity index (χ1n) is 12.7. The highest BCUT2D eigenvalue weighted by Gasteiger charge is 2.27. The number of imidazole rings is 1. The summed E-state index contributed by atoms with van der Waals surface area (Å²) >= 11 is 6.58. The molecule has 1 saturated heterocycles. The minimum absolute atomic E-state index is 0.0577. The van der Waals surface area contributed by atoms with E-state index in [0.717, 1.165) is 48.7 Å². The normalized spacial score (nSPS) is 14.7. The van der Waals surface area contributed by atoms with Crippen LogP contribution in [-0.4, -0.2) is 60.8 Å². The first kappa shape index (κ1) is 26.0. The molecular weight excluding hydrogens is 500 g/mol. The van der Waals surface area contributed by atoms with E-state index >= 15 is 0 Å². The number of halogens is 1. The molecule has 0 unspecified atom stereocenters. The SMILES string of the molecule is Cc1ncc(-c2nccc(-c3ccc(-n4ccn(C)c4=O)c(Cl)c3)c2O)cc1N1CCN(C(C)(C)C)CC1. The number of hydrogen-bond acceptors (Lipinski definition) is 6. The van der Waals surface area contributed by atoms with Crippen molar-refractivity contribution in [1.29, 1.82) is 0 Å². The number of nitrogens with zero attached hydrogens (tertiary/aromatic N) is 6. The second kappa shape index (κ2) is 9.93. The standard InChI is InChI=1S/C29H33ClN6O2/c1-19-25(34-11-13-35(14-12-34)29(2,3)4)17-21(18-32-19)26-27(37)22(8-9-31-26)20-6-7-24(23(30)16-20)36-15-10-33(5)28(36)38/h6-10,15-18,37H,11-14H2,1-5H3. The molecule has 0 saturated carbocycles. The van der Waals surface area contributed by atoms with Crippen LogP contribution in [0.3, 0.4) is 0 Å². The zero-order valence-electron chi connectivity index (χ0n) is 22.4. The van der Waals surface area contributed by atoms with Gasteiger partial charge in [-0.3, -0.25) is 19.4 Å². The van der Waals surface area contributed by atoms with Crippen LogP contribution in [0.2, 0.25) is 5.02 Å². The smallest absolute Gasteiger partial charge is 0.332 e. The van der Waals surface area contributed by atoms with E-state index in [1.54, 1.807) is 50.0 Å². The Morgan fingerprint density at radius 2 is 1.68 bits per heavy atom. The maximum atomic E-state index is 12.4. The number of aromatic nitrogens is 4. The molecule has 38 heavy (non-hydrogen) atoms. The zero-order valence-corrected chi connectivity index (χ0v) is 23.2. The molecule has 0 aliphatic carbocycles. The number of piperazine rings is 1. The summed E-state index contributed by atoms with van der Waals surface area (Å²) in [5.41, 5.74) is 5.09. The maximum Gasteiger partial charge on any atom is 0.332 e. The lowest BCUT2D eigenvalue weighted by Crippen LogP contribution is -2.53. The number of aryl methyl sites for hydroxylation is 2. The van der Waals surface area contributed by atoms with Gasteiger partial charge in [0.15, 0.2) is 0 Å². The van der Waals surface area contributed by atoms with Gasteiger partial charge in [-0.05, 0) is 57.5 Å². The van der Waals surface area contributed by atoms with Crippen LogP contribution in [0, 0.1) is 6.92 Å². The number of anilines is 1. The molecule has 1 N–H and O–H groups in total. The summed E-state index contributed by atoms with van der Waals surface area (Å²) in [7, 11) is 1.69. The molecule has 4 heterocycles. The molecule has 198 valence electrons. The van der Waals surface area contributed by atoms with Gasteiger partial charge in [0, 0.05) is 74.7 Å². The van der Waals surface area contributed by atoms with Crippen molar-refractivity contribution >= 4 is 17.3 Å². The molecule has 1 aliphatic heterocycles. The summed E-state index contributed by atoms with van der Waals surface area (Å²) in [6.45, 7) is 12.6. The molecule has 4 aromatic rings.